The van der Waals surface area contributed by atoms with E-state index in [2.05, 4.69) is 9.97 Å². The van der Waals surface area contributed by atoms with Crippen molar-refractivity contribution in [2.24, 2.45) is 0 Å². The van der Waals surface area contributed by atoms with Gasteiger partial charge >= 0.3 is 5.97 Å². The van der Waals surface area contributed by atoms with Crippen LogP contribution in [0.5, 0.6) is 5.88 Å². The first kappa shape index (κ1) is 12.5. The van der Waals surface area contributed by atoms with Gasteiger partial charge in [-0.05, 0) is 13.0 Å². The van der Waals surface area contributed by atoms with Crippen LogP contribution in [0.25, 0.3) is 10.6 Å². The standard InChI is InChI=1S/C12H12N2O3S/c1-3-17-12(15)9-7-18-11(14-9)8-4-5-10(16-2)13-6-8/h4-7H,3H2,1-2H3. The molecule has 0 radical (unpaired) electrons. The fourth-order valence-corrected chi connectivity index (χ4v) is 2.11. The van der Waals surface area contributed by atoms with Gasteiger partial charge in [0.2, 0.25) is 5.88 Å². The lowest BCUT2D eigenvalue weighted by atomic mass is 10.3. The number of carbonyl (C=O) groups is 1. The third-order valence-electron chi connectivity index (χ3n) is 2.18. The number of hydrogen-bond acceptors (Lipinski definition) is 6. The Bertz CT molecular complexity index is 537. The molecule has 2 rings (SSSR count). The summed E-state index contributed by atoms with van der Waals surface area (Å²) in [6.45, 7) is 2.11. The van der Waals surface area contributed by atoms with Gasteiger partial charge in [0, 0.05) is 23.2 Å². The monoisotopic (exact) mass is 264 g/mol. The molecule has 0 atom stereocenters. The zero-order chi connectivity index (χ0) is 13.0. The summed E-state index contributed by atoms with van der Waals surface area (Å²) in [7, 11) is 1.56. The Labute approximate surface area is 108 Å². The molecular formula is C12H12N2O3S. The molecule has 94 valence electrons. The van der Waals surface area contributed by atoms with E-state index in [1.165, 1.54) is 11.3 Å². The highest BCUT2D eigenvalue weighted by Crippen LogP contribution is 2.24. The van der Waals surface area contributed by atoms with Crippen molar-refractivity contribution >= 4 is 17.3 Å². The first-order valence-electron chi connectivity index (χ1n) is 5.37. The average molecular weight is 264 g/mol. The van der Waals surface area contributed by atoms with Crippen molar-refractivity contribution in [2.45, 2.75) is 6.92 Å². The molecule has 5 nitrogen and oxygen atoms in total. The lowest BCUT2D eigenvalue weighted by Crippen LogP contribution is -2.04. The van der Waals surface area contributed by atoms with Crippen molar-refractivity contribution in [1.29, 1.82) is 0 Å². The molecular weight excluding hydrogens is 252 g/mol. The van der Waals surface area contributed by atoms with Gasteiger partial charge in [0.25, 0.3) is 0 Å². The second kappa shape index (κ2) is 5.59. The number of aromatic nitrogens is 2. The molecule has 0 spiro atoms. The minimum Gasteiger partial charge on any atom is -0.481 e. The van der Waals surface area contributed by atoms with E-state index in [1.807, 2.05) is 6.07 Å². The highest BCUT2D eigenvalue weighted by molar-refractivity contribution is 7.13. The summed E-state index contributed by atoms with van der Waals surface area (Å²) in [5.41, 5.74) is 1.17. The molecule has 0 saturated carbocycles. The first-order chi connectivity index (χ1) is 8.74. The average Bonchev–Trinajstić information content (AvgIpc) is 2.89. The lowest BCUT2D eigenvalue weighted by Gasteiger charge is -1.99. The van der Waals surface area contributed by atoms with Crippen LogP contribution >= 0.6 is 11.3 Å². The summed E-state index contributed by atoms with van der Waals surface area (Å²) in [6, 6.07) is 3.60. The van der Waals surface area contributed by atoms with Gasteiger partial charge in [0.05, 0.1) is 13.7 Å². The minimum atomic E-state index is -0.401. The zero-order valence-electron chi connectivity index (χ0n) is 10.0. The van der Waals surface area contributed by atoms with Crippen LogP contribution in [0.4, 0.5) is 0 Å². The molecule has 2 heterocycles. The van der Waals surface area contributed by atoms with Crippen molar-refractivity contribution in [3.05, 3.63) is 29.4 Å². The van der Waals surface area contributed by atoms with E-state index in [0.29, 0.717) is 18.2 Å². The van der Waals surface area contributed by atoms with Crippen LogP contribution in [0.1, 0.15) is 17.4 Å². The second-order valence-electron chi connectivity index (χ2n) is 3.35. The molecule has 0 amide bonds. The molecule has 0 aliphatic rings. The Morgan fingerprint density at radius 1 is 1.44 bits per heavy atom. The van der Waals surface area contributed by atoms with Gasteiger partial charge < -0.3 is 9.47 Å². The van der Waals surface area contributed by atoms with Gasteiger partial charge in [-0.1, -0.05) is 0 Å². The number of methoxy groups -OCH3 is 1. The molecule has 0 N–H and O–H groups in total. The van der Waals surface area contributed by atoms with Gasteiger partial charge in [0.15, 0.2) is 5.69 Å². The van der Waals surface area contributed by atoms with Gasteiger partial charge in [0.1, 0.15) is 5.01 Å². The Balaban J connectivity index is 2.20. The number of pyridine rings is 1. The van der Waals surface area contributed by atoms with Crippen LogP contribution in [0.2, 0.25) is 0 Å². The predicted octanol–water partition coefficient (Wildman–Crippen LogP) is 2.39. The van der Waals surface area contributed by atoms with Crippen LogP contribution in [0, 0.1) is 0 Å². The largest absolute Gasteiger partial charge is 0.481 e. The van der Waals surface area contributed by atoms with E-state index >= 15 is 0 Å². The van der Waals surface area contributed by atoms with Crippen LogP contribution in [0.3, 0.4) is 0 Å². The van der Waals surface area contributed by atoms with Crippen LogP contribution in [-0.2, 0) is 4.74 Å². The van der Waals surface area contributed by atoms with E-state index in [9.17, 15) is 4.79 Å². The van der Waals surface area contributed by atoms with Crippen LogP contribution in [-0.4, -0.2) is 29.7 Å². The van der Waals surface area contributed by atoms with Crippen molar-refractivity contribution in [3.63, 3.8) is 0 Å². The molecule has 0 fully saturated rings. The fraction of sp³-hybridized carbons (Fsp3) is 0.250. The summed E-state index contributed by atoms with van der Waals surface area (Å²) in [5.74, 6) is 0.141. The maximum Gasteiger partial charge on any atom is 0.357 e. The van der Waals surface area contributed by atoms with Crippen molar-refractivity contribution < 1.29 is 14.3 Å². The van der Waals surface area contributed by atoms with Gasteiger partial charge in [-0.2, -0.15) is 0 Å². The van der Waals surface area contributed by atoms with E-state index in [0.717, 1.165) is 10.6 Å². The Morgan fingerprint density at radius 3 is 2.89 bits per heavy atom. The fourth-order valence-electron chi connectivity index (χ4n) is 1.33. The molecule has 0 aliphatic carbocycles. The topological polar surface area (TPSA) is 61.3 Å². The summed E-state index contributed by atoms with van der Waals surface area (Å²) in [5, 5.41) is 2.41. The molecule has 0 aromatic carbocycles. The maximum absolute atomic E-state index is 11.5. The number of nitrogens with zero attached hydrogens (tertiary/aromatic N) is 2. The van der Waals surface area contributed by atoms with Crippen molar-refractivity contribution in [3.8, 4) is 16.5 Å². The Kier molecular flexibility index (Phi) is 3.88. The molecule has 0 saturated heterocycles. The zero-order valence-corrected chi connectivity index (χ0v) is 10.9. The molecule has 18 heavy (non-hydrogen) atoms. The summed E-state index contributed by atoms with van der Waals surface area (Å²) in [4.78, 5) is 19.8. The highest BCUT2D eigenvalue weighted by Gasteiger charge is 2.12. The minimum absolute atomic E-state index is 0.327. The highest BCUT2D eigenvalue weighted by atomic mass is 32.1. The third kappa shape index (κ3) is 2.65. The number of rotatable bonds is 4. The normalized spacial score (nSPS) is 10.1. The summed E-state index contributed by atoms with van der Waals surface area (Å²) < 4.78 is 9.86. The molecule has 0 unspecified atom stereocenters. The summed E-state index contributed by atoms with van der Waals surface area (Å²) in [6.07, 6.45) is 1.66. The van der Waals surface area contributed by atoms with Gasteiger partial charge in [-0.3, -0.25) is 0 Å². The molecule has 2 aromatic rings. The Morgan fingerprint density at radius 2 is 2.28 bits per heavy atom. The molecule has 0 bridgehead atoms. The van der Waals surface area contributed by atoms with Crippen LogP contribution < -0.4 is 4.74 Å². The second-order valence-corrected chi connectivity index (χ2v) is 4.21. The van der Waals surface area contributed by atoms with Gasteiger partial charge in [-0.15, -0.1) is 11.3 Å². The number of hydrogen-bond donors (Lipinski definition) is 0. The predicted molar refractivity (Wildman–Crippen MR) is 67.9 cm³/mol. The number of thiazole rings is 1. The third-order valence-corrected chi connectivity index (χ3v) is 3.07. The molecule has 2 aromatic heterocycles. The first-order valence-corrected chi connectivity index (χ1v) is 6.25. The van der Waals surface area contributed by atoms with Crippen molar-refractivity contribution in [2.75, 3.05) is 13.7 Å². The molecule has 6 heteroatoms. The number of carbonyl (C=O) groups excluding carboxylic acids is 1. The SMILES string of the molecule is CCOC(=O)c1csc(-c2ccc(OC)nc2)n1. The number of esters is 1. The van der Waals surface area contributed by atoms with E-state index in [4.69, 9.17) is 9.47 Å². The summed E-state index contributed by atoms with van der Waals surface area (Å²) >= 11 is 1.38. The lowest BCUT2D eigenvalue weighted by molar-refractivity contribution is 0.0520. The Hall–Kier alpha value is -1.95. The number of ether oxygens (including phenoxy) is 2. The van der Waals surface area contributed by atoms with Crippen LogP contribution in [0.15, 0.2) is 23.7 Å². The van der Waals surface area contributed by atoms with E-state index in [-0.39, 0.29) is 0 Å². The van der Waals surface area contributed by atoms with E-state index < -0.39 is 5.97 Å². The van der Waals surface area contributed by atoms with Gasteiger partial charge in [-0.25, -0.2) is 14.8 Å². The smallest absolute Gasteiger partial charge is 0.357 e. The maximum atomic E-state index is 11.5. The molecule has 0 aliphatic heterocycles. The van der Waals surface area contributed by atoms with E-state index in [1.54, 1.807) is 31.7 Å². The quantitative estimate of drug-likeness (QED) is 0.793. The van der Waals surface area contributed by atoms with Crippen molar-refractivity contribution in [1.82, 2.24) is 9.97 Å².